The molecule has 3 rings (SSSR count). The summed E-state index contributed by atoms with van der Waals surface area (Å²) in [7, 11) is 0. The minimum absolute atomic E-state index is 0.0968. The fourth-order valence-corrected chi connectivity index (χ4v) is 2.81. The van der Waals surface area contributed by atoms with E-state index < -0.39 is 47.0 Å². The monoisotopic (exact) mass is 385 g/mol. The van der Waals surface area contributed by atoms with Gasteiger partial charge in [-0.2, -0.15) is 0 Å². The topological polar surface area (TPSA) is 54.9 Å². The Hall–Kier alpha value is -2.88. The van der Waals surface area contributed by atoms with Crippen LogP contribution in [0.2, 0.25) is 0 Å². The van der Waals surface area contributed by atoms with Crippen molar-refractivity contribution in [1.82, 2.24) is 9.97 Å². The number of thiazole rings is 1. The van der Waals surface area contributed by atoms with Crippen LogP contribution in [0, 0.1) is 29.1 Å². The Morgan fingerprint density at radius 3 is 2.23 bits per heavy atom. The second kappa shape index (κ2) is 7.16. The third-order valence-corrected chi connectivity index (χ3v) is 4.07. The van der Waals surface area contributed by atoms with Gasteiger partial charge < -0.3 is 5.32 Å². The lowest BCUT2D eigenvalue weighted by Gasteiger charge is -2.07. The second-order valence-corrected chi connectivity index (χ2v) is 5.88. The van der Waals surface area contributed by atoms with Crippen molar-refractivity contribution in [2.45, 2.75) is 6.42 Å². The average Bonchev–Trinajstić information content (AvgIpc) is 3.11. The van der Waals surface area contributed by atoms with Gasteiger partial charge in [0, 0.05) is 17.1 Å². The number of hydrogen-bond donors (Lipinski definition) is 1. The summed E-state index contributed by atoms with van der Waals surface area (Å²) in [5, 5.41) is 3.95. The van der Waals surface area contributed by atoms with Crippen LogP contribution < -0.4 is 5.32 Å². The number of carbonyl (C=O) groups is 1. The third-order valence-electron chi connectivity index (χ3n) is 3.32. The minimum atomic E-state index is -2.27. The molecule has 0 atom stereocenters. The van der Waals surface area contributed by atoms with Gasteiger partial charge in [0.05, 0.1) is 12.1 Å². The molecule has 0 aliphatic heterocycles. The average molecular weight is 385 g/mol. The highest BCUT2D eigenvalue weighted by atomic mass is 32.1. The molecule has 2 aromatic heterocycles. The van der Waals surface area contributed by atoms with E-state index in [4.69, 9.17) is 0 Å². The lowest BCUT2D eigenvalue weighted by Crippen LogP contribution is -2.18. The first-order chi connectivity index (χ1) is 12.4. The van der Waals surface area contributed by atoms with E-state index in [-0.39, 0.29) is 5.13 Å². The number of carbonyl (C=O) groups excluding carboxylic acids is 1. The number of hydrogen-bond acceptors (Lipinski definition) is 4. The summed E-state index contributed by atoms with van der Waals surface area (Å²) in [5.41, 5.74) is -0.202. The molecule has 2 heterocycles. The molecule has 3 aromatic rings. The van der Waals surface area contributed by atoms with Crippen molar-refractivity contribution in [2.24, 2.45) is 0 Å². The lowest BCUT2D eigenvalue weighted by molar-refractivity contribution is -0.115. The molecule has 0 aliphatic carbocycles. The Morgan fingerprint density at radius 1 is 0.962 bits per heavy atom. The molecular formula is C16H8F5N3OS. The van der Waals surface area contributed by atoms with Gasteiger partial charge in [-0.1, -0.05) is 6.07 Å². The largest absolute Gasteiger partial charge is 0.302 e. The van der Waals surface area contributed by atoms with Gasteiger partial charge in [-0.3, -0.25) is 9.78 Å². The quantitative estimate of drug-likeness (QED) is 0.418. The molecule has 0 saturated heterocycles. The van der Waals surface area contributed by atoms with Crippen LogP contribution >= 0.6 is 11.3 Å². The van der Waals surface area contributed by atoms with Crippen molar-refractivity contribution < 1.29 is 26.7 Å². The number of pyridine rings is 1. The van der Waals surface area contributed by atoms with E-state index in [9.17, 15) is 26.7 Å². The number of nitrogens with zero attached hydrogens (tertiary/aromatic N) is 2. The van der Waals surface area contributed by atoms with Crippen LogP contribution in [0.5, 0.6) is 0 Å². The fourth-order valence-electron chi connectivity index (χ4n) is 2.09. The first-order valence-electron chi connectivity index (χ1n) is 7.05. The SMILES string of the molecule is O=C(Cc1c(F)c(F)c(F)c(F)c1F)Nc1nc(-c2ccccn2)cs1. The number of halogens is 5. The van der Waals surface area contributed by atoms with Crippen LogP contribution in [0.15, 0.2) is 29.8 Å². The highest BCUT2D eigenvalue weighted by Gasteiger charge is 2.27. The fraction of sp³-hybridized carbons (Fsp3) is 0.0625. The molecule has 0 fully saturated rings. The van der Waals surface area contributed by atoms with Gasteiger partial charge >= 0.3 is 0 Å². The number of rotatable bonds is 4. The Morgan fingerprint density at radius 2 is 1.62 bits per heavy atom. The summed E-state index contributed by atoms with van der Waals surface area (Å²) in [4.78, 5) is 20.1. The molecule has 0 unspecified atom stereocenters. The van der Waals surface area contributed by atoms with E-state index in [1.807, 2.05) is 0 Å². The molecular weight excluding hydrogens is 377 g/mol. The van der Waals surface area contributed by atoms with Crippen LogP contribution in [-0.4, -0.2) is 15.9 Å². The third kappa shape index (κ3) is 3.40. The van der Waals surface area contributed by atoms with Gasteiger partial charge in [-0.25, -0.2) is 26.9 Å². The molecule has 1 N–H and O–H groups in total. The second-order valence-electron chi connectivity index (χ2n) is 5.03. The molecule has 10 heteroatoms. The first kappa shape index (κ1) is 17.9. The van der Waals surface area contributed by atoms with Crippen molar-refractivity contribution in [2.75, 3.05) is 5.32 Å². The Balaban J connectivity index is 1.78. The molecule has 0 saturated carbocycles. The van der Waals surface area contributed by atoms with E-state index in [0.29, 0.717) is 11.4 Å². The number of amides is 1. The summed E-state index contributed by atoms with van der Waals surface area (Å²) in [5.74, 6) is -11.5. The maximum atomic E-state index is 13.6. The van der Waals surface area contributed by atoms with E-state index in [2.05, 4.69) is 15.3 Å². The Labute approximate surface area is 147 Å². The number of anilines is 1. The zero-order chi connectivity index (χ0) is 18.8. The smallest absolute Gasteiger partial charge is 0.230 e. The molecule has 26 heavy (non-hydrogen) atoms. The van der Waals surface area contributed by atoms with Gasteiger partial charge in [0.1, 0.15) is 5.69 Å². The first-order valence-corrected chi connectivity index (χ1v) is 7.93. The lowest BCUT2D eigenvalue weighted by atomic mass is 10.1. The van der Waals surface area contributed by atoms with E-state index >= 15 is 0 Å². The van der Waals surface area contributed by atoms with E-state index in [1.165, 1.54) is 0 Å². The number of nitrogens with one attached hydrogen (secondary N) is 1. The van der Waals surface area contributed by atoms with Crippen molar-refractivity contribution in [3.8, 4) is 11.4 Å². The van der Waals surface area contributed by atoms with Crippen molar-refractivity contribution in [3.63, 3.8) is 0 Å². The zero-order valence-electron chi connectivity index (χ0n) is 12.7. The van der Waals surface area contributed by atoms with Gasteiger partial charge in [0.25, 0.3) is 0 Å². The molecule has 1 amide bonds. The Kier molecular flexibility index (Phi) is 4.94. The Bertz CT molecular complexity index is 949. The van der Waals surface area contributed by atoms with Crippen molar-refractivity contribution >= 4 is 22.4 Å². The zero-order valence-corrected chi connectivity index (χ0v) is 13.5. The standard InChI is InChI=1S/C16H8F5N3OS/c17-11-7(12(18)14(20)15(21)13(11)19)5-10(25)24-16-23-9(6-26-16)8-3-1-2-4-22-8/h1-4,6H,5H2,(H,23,24,25). The maximum Gasteiger partial charge on any atom is 0.230 e. The van der Waals surface area contributed by atoms with Crippen molar-refractivity contribution in [3.05, 3.63) is 64.4 Å². The summed E-state index contributed by atoms with van der Waals surface area (Å²) in [6.45, 7) is 0. The highest BCUT2D eigenvalue weighted by Crippen LogP contribution is 2.25. The molecule has 0 aliphatic rings. The van der Waals surface area contributed by atoms with Gasteiger partial charge in [0.2, 0.25) is 11.7 Å². The van der Waals surface area contributed by atoms with Crippen LogP contribution in [0.25, 0.3) is 11.4 Å². The van der Waals surface area contributed by atoms with Crippen LogP contribution in [-0.2, 0) is 11.2 Å². The van der Waals surface area contributed by atoms with Gasteiger partial charge in [-0.15, -0.1) is 11.3 Å². The van der Waals surface area contributed by atoms with Gasteiger partial charge in [0.15, 0.2) is 28.4 Å². The molecule has 1 aromatic carbocycles. The van der Waals surface area contributed by atoms with Crippen LogP contribution in [0.1, 0.15) is 5.56 Å². The predicted molar refractivity (Wildman–Crippen MR) is 83.9 cm³/mol. The van der Waals surface area contributed by atoms with Crippen LogP contribution in [0.3, 0.4) is 0 Å². The number of benzene rings is 1. The van der Waals surface area contributed by atoms with Crippen molar-refractivity contribution in [1.29, 1.82) is 0 Å². The van der Waals surface area contributed by atoms with E-state index in [0.717, 1.165) is 11.3 Å². The number of aromatic nitrogens is 2. The summed E-state index contributed by atoms with van der Waals surface area (Å²) in [6, 6.07) is 5.14. The summed E-state index contributed by atoms with van der Waals surface area (Å²) >= 11 is 1.02. The minimum Gasteiger partial charge on any atom is -0.302 e. The molecule has 0 radical (unpaired) electrons. The van der Waals surface area contributed by atoms with Gasteiger partial charge in [-0.05, 0) is 12.1 Å². The maximum absolute atomic E-state index is 13.6. The molecule has 4 nitrogen and oxygen atoms in total. The molecule has 0 spiro atoms. The summed E-state index contributed by atoms with van der Waals surface area (Å²) in [6.07, 6.45) is 0.514. The van der Waals surface area contributed by atoms with Crippen LogP contribution in [0.4, 0.5) is 27.1 Å². The normalized spacial score (nSPS) is 10.8. The predicted octanol–water partition coefficient (Wildman–Crippen LogP) is 4.08. The van der Waals surface area contributed by atoms with E-state index in [1.54, 1.807) is 29.8 Å². The molecule has 0 bridgehead atoms. The highest BCUT2D eigenvalue weighted by molar-refractivity contribution is 7.14. The molecule has 134 valence electrons. The summed E-state index contributed by atoms with van der Waals surface area (Å²) < 4.78 is 66.5.